The van der Waals surface area contributed by atoms with Gasteiger partial charge in [-0.1, -0.05) is 6.07 Å². The van der Waals surface area contributed by atoms with Crippen LogP contribution in [0.25, 0.3) is 21.5 Å². The van der Waals surface area contributed by atoms with Gasteiger partial charge < -0.3 is 19.5 Å². The first-order valence-corrected chi connectivity index (χ1v) is 12.9. The van der Waals surface area contributed by atoms with Gasteiger partial charge in [-0.05, 0) is 31.5 Å². The number of likely N-dealkylation sites (N-methyl/N-ethyl adjacent to an activating group) is 1. The number of aliphatic imine (C=N–C) groups is 1. The van der Waals surface area contributed by atoms with E-state index in [1.807, 2.05) is 35.5 Å². The van der Waals surface area contributed by atoms with Crippen molar-refractivity contribution >= 4 is 46.1 Å². The number of aryl methyl sites for hydroxylation is 1. The SMILES string of the molecule is Cc1cc2c(F)c(OC(=N)C/C(=N/NC=Nc3cc(-c4cccs4)[nH]n3)N3CCN(C)CC3)cc(F)c2[nH]1. The number of H-pyrrole nitrogens is 2. The average molecular weight is 540 g/mol. The van der Waals surface area contributed by atoms with Crippen LogP contribution in [0.3, 0.4) is 0 Å². The minimum Gasteiger partial charge on any atom is -0.440 e. The Balaban J connectivity index is 1.28. The molecule has 198 valence electrons. The van der Waals surface area contributed by atoms with Crippen LogP contribution in [0.4, 0.5) is 14.6 Å². The molecular weight excluding hydrogens is 512 g/mol. The summed E-state index contributed by atoms with van der Waals surface area (Å²) in [6.45, 7) is 4.75. The van der Waals surface area contributed by atoms with Crippen LogP contribution in [-0.4, -0.2) is 76.3 Å². The molecule has 0 unspecified atom stereocenters. The normalized spacial score (nSPS) is 15.1. The van der Waals surface area contributed by atoms with E-state index in [9.17, 15) is 8.78 Å². The number of nitrogens with one attached hydrogen (secondary N) is 4. The molecule has 0 amide bonds. The highest BCUT2D eigenvalue weighted by atomic mass is 32.1. The van der Waals surface area contributed by atoms with Gasteiger partial charge in [-0.3, -0.25) is 15.9 Å². The second-order valence-corrected chi connectivity index (χ2v) is 9.88. The lowest BCUT2D eigenvalue weighted by Crippen LogP contribution is -2.48. The van der Waals surface area contributed by atoms with Crippen molar-refractivity contribution in [2.24, 2.45) is 10.1 Å². The number of piperazine rings is 1. The van der Waals surface area contributed by atoms with Gasteiger partial charge in [-0.2, -0.15) is 10.2 Å². The van der Waals surface area contributed by atoms with Gasteiger partial charge in [-0.15, -0.1) is 11.3 Å². The maximum absolute atomic E-state index is 15.0. The van der Waals surface area contributed by atoms with Crippen molar-refractivity contribution in [2.75, 3.05) is 33.2 Å². The zero-order chi connectivity index (χ0) is 26.6. The maximum atomic E-state index is 15.0. The van der Waals surface area contributed by atoms with E-state index in [-0.39, 0.29) is 29.0 Å². The van der Waals surface area contributed by atoms with Crippen LogP contribution in [0.1, 0.15) is 12.1 Å². The van der Waals surface area contributed by atoms with Crippen molar-refractivity contribution in [3.63, 3.8) is 0 Å². The number of hydrogen-bond acceptors (Lipinski definition) is 7. The molecule has 3 aromatic heterocycles. The molecular formula is C25H27F2N9OS. The first-order valence-electron chi connectivity index (χ1n) is 12.0. The Kier molecular flexibility index (Phi) is 7.47. The minimum atomic E-state index is -0.722. The predicted octanol–water partition coefficient (Wildman–Crippen LogP) is 4.46. The van der Waals surface area contributed by atoms with Crippen molar-refractivity contribution in [3.05, 3.63) is 53.0 Å². The molecule has 0 aliphatic carbocycles. The van der Waals surface area contributed by atoms with Crippen LogP contribution in [0.15, 0.2) is 45.8 Å². The molecule has 0 bridgehead atoms. The van der Waals surface area contributed by atoms with Gasteiger partial charge in [0.2, 0.25) is 0 Å². The molecule has 1 aliphatic rings. The summed E-state index contributed by atoms with van der Waals surface area (Å²) in [6, 6.07) is 8.24. The molecule has 0 radical (unpaired) electrons. The number of nitrogens with zero attached hydrogens (tertiary/aromatic N) is 5. The van der Waals surface area contributed by atoms with E-state index in [1.54, 1.807) is 18.3 Å². The lowest BCUT2D eigenvalue weighted by Gasteiger charge is -2.34. The highest BCUT2D eigenvalue weighted by molar-refractivity contribution is 7.13. The molecule has 13 heteroatoms. The molecule has 0 saturated carbocycles. The van der Waals surface area contributed by atoms with Crippen LogP contribution in [0.2, 0.25) is 0 Å². The lowest BCUT2D eigenvalue weighted by atomic mass is 10.2. The minimum absolute atomic E-state index is 0.0270. The van der Waals surface area contributed by atoms with Crippen molar-refractivity contribution in [1.82, 2.24) is 30.4 Å². The Labute approximate surface area is 221 Å². The molecule has 4 heterocycles. The zero-order valence-electron chi connectivity index (χ0n) is 20.9. The molecule has 1 fully saturated rings. The van der Waals surface area contributed by atoms with Crippen LogP contribution in [0.5, 0.6) is 5.75 Å². The van der Waals surface area contributed by atoms with Gasteiger partial charge in [0.15, 0.2) is 29.1 Å². The second-order valence-electron chi connectivity index (χ2n) is 8.94. The van der Waals surface area contributed by atoms with Crippen molar-refractivity contribution in [2.45, 2.75) is 13.3 Å². The summed E-state index contributed by atoms with van der Waals surface area (Å²) in [5.41, 5.74) is 4.37. The average Bonchev–Trinajstić information content (AvgIpc) is 3.66. The van der Waals surface area contributed by atoms with E-state index < -0.39 is 11.6 Å². The number of amidine groups is 1. The van der Waals surface area contributed by atoms with Gasteiger partial charge in [-0.25, -0.2) is 13.8 Å². The lowest BCUT2D eigenvalue weighted by molar-refractivity contribution is 0.213. The monoisotopic (exact) mass is 539 g/mol. The molecule has 38 heavy (non-hydrogen) atoms. The summed E-state index contributed by atoms with van der Waals surface area (Å²) in [4.78, 5) is 12.4. The zero-order valence-corrected chi connectivity index (χ0v) is 21.7. The van der Waals surface area contributed by atoms with E-state index in [4.69, 9.17) is 10.1 Å². The smallest absolute Gasteiger partial charge is 0.195 e. The van der Waals surface area contributed by atoms with Gasteiger partial charge in [0, 0.05) is 49.4 Å². The number of aromatic nitrogens is 3. The van der Waals surface area contributed by atoms with Crippen LogP contribution < -0.4 is 10.2 Å². The summed E-state index contributed by atoms with van der Waals surface area (Å²) < 4.78 is 34.9. The van der Waals surface area contributed by atoms with Gasteiger partial charge in [0.25, 0.3) is 0 Å². The largest absolute Gasteiger partial charge is 0.440 e. The highest BCUT2D eigenvalue weighted by Crippen LogP contribution is 2.30. The Morgan fingerprint density at radius 1 is 1.26 bits per heavy atom. The topological polar surface area (TPSA) is 121 Å². The molecule has 1 aromatic carbocycles. The number of benzene rings is 1. The van der Waals surface area contributed by atoms with Crippen LogP contribution in [-0.2, 0) is 0 Å². The summed E-state index contributed by atoms with van der Waals surface area (Å²) in [5.74, 6) is -0.967. The Hall–Kier alpha value is -4.10. The van der Waals surface area contributed by atoms with Crippen molar-refractivity contribution in [3.8, 4) is 16.3 Å². The highest BCUT2D eigenvalue weighted by Gasteiger charge is 2.22. The first kappa shape index (κ1) is 25.5. The van der Waals surface area contributed by atoms with Crippen LogP contribution >= 0.6 is 11.3 Å². The summed E-state index contributed by atoms with van der Waals surface area (Å²) in [5, 5.41) is 22.0. The Bertz CT molecular complexity index is 1480. The van der Waals surface area contributed by atoms with E-state index in [1.165, 1.54) is 12.4 Å². The van der Waals surface area contributed by atoms with E-state index in [0.717, 1.165) is 29.7 Å². The summed E-state index contributed by atoms with van der Waals surface area (Å²) in [6.07, 6.45) is 1.38. The molecule has 5 rings (SSSR count). The molecule has 4 aromatic rings. The van der Waals surface area contributed by atoms with Crippen molar-refractivity contribution < 1.29 is 13.5 Å². The van der Waals surface area contributed by atoms with Gasteiger partial charge in [0.1, 0.15) is 12.2 Å². The first-order chi connectivity index (χ1) is 18.4. The van der Waals surface area contributed by atoms with E-state index in [0.29, 0.717) is 30.4 Å². The fourth-order valence-electron chi connectivity index (χ4n) is 4.14. The second kappa shape index (κ2) is 11.1. The Morgan fingerprint density at radius 2 is 2.08 bits per heavy atom. The summed E-state index contributed by atoms with van der Waals surface area (Å²) >= 11 is 1.60. The van der Waals surface area contributed by atoms with Crippen LogP contribution in [0, 0.1) is 24.0 Å². The number of halogens is 2. The fraction of sp³-hybridized carbons (Fsp3) is 0.280. The quantitative estimate of drug-likeness (QED) is 0.157. The number of aromatic amines is 2. The molecule has 0 atom stereocenters. The molecule has 10 nitrogen and oxygen atoms in total. The van der Waals surface area contributed by atoms with Crippen molar-refractivity contribution in [1.29, 1.82) is 5.41 Å². The number of thiophene rings is 1. The molecule has 0 spiro atoms. The third kappa shape index (κ3) is 5.73. The number of hydrazone groups is 1. The fourth-order valence-corrected chi connectivity index (χ4v) is 4.83. The molecule has 1 saturated heterocycles. The van der Waals surface area contributed by atoms with Gasteiger partial charge in [0.05, 0.1) is 22.5 Å². The Morgan fingerprint density at radius 3 is 2.84 bits per heavy atom. The number of hydrogen-bond donors (Lipinski definition) is 4. The number of rotatable bonds is 7. The third-order valence-corrected chi connectivity index (χ3v) is 7.02. The predicted molar refractivity (Wildman–Crippen MR) is 146 cm³/mol. The summed E-state index contributed by atoms with van der Waals surface area (Å²) in [7, 11) is 2.04. The molecule has 4 N–H and O–H groups in total. The number of fused-ring (bicyclic) bond motifs is 1. The van der Waals surface area contributed by atoms with E-state index >= 15 is 0 Å². The maximum Gasteiger partial charge on any atom is 0.195 e. The third-order valence-electron chi connectivity index (χ3n) is 6.12. The molecule has 1 aliphatic heterocycles. The van der Waals surface area contributed by atoms with Gasteiger partial charge >= 0.3 is 0 Å². The number of ether oxygens (including phenoxy) is 1. The standard InChI is InChI=1S/C25H27F2N9OS/c1-15-10-16-24(27)19(11-17(26)25(16)31-15)37-21(28)13-23(36-7-5-35(2)6-8-36)34-30-14-29-22-12-18(32-33-22)20-4-3-9-38-20/h3-4,9-12,14,28,31H,5-8,13H2,1-2H3,(H2,29,30,32,33)/b28-21?,34-23-. The van der Waals surface area contributed by atoms with E-state index in [2.05, 4.69) is 35.6 Å².